The summed E-state index contributed by atoms with van der Waals surface area (Å²) < 4.78 is 77.8. The molecule has 4 rings (SSSR count). The zero-order valence-corrected chi connectivity index (χ0v) is 15.4. The molecule has 0 unspecified atom stereocenters. The van der Waals surface area contributed by atoms with E-state index in [1.54, 1.807) is 0 Å². The van der Waals surface area contributed by atoms with Gasteiger partial charge < -0.3 is 9.47 Å². The SMILES string of the molecule is CCOC(F)(F)c1nnc2cnc(-c3ccc(O[C@@H](C4=CC4)C(F)(F)F)nc3)cn12. The van der Waals surface area contributed by atoms with Crippen molar-refractivity contribution in [2.45, 2.75) is 31.7 Å². The standard InChI is InChI=1S/C18H14F5N5O2/c1-2-29-18(22,23)16-27-26-13-8-24-12(9-28(13)16)11-5-6-14(25-7-11)30-15(10-3-4-10)17(19,20)21/h3,5-9,15H,2,4H2,1H3/t15-/m0/s1. The van der Waals surface area contributed by atoms with Gasteiger partial charge in [-0.1, -0.05) is 6.08 Å². The first-order chi connectivity index (χ1) is 14.2. The highest BCUT2D eigenvalue weighted by Gasteiger charge is 2.46. The predicted octanol–water partition coefficient (Wildman–Crippen LogP) is 3.91. The van der Waals surface area contributed by atoms with Crippen LogP contribution >= 0.6 is 0 Å². The molecule has 0 saturated heterocycles. The first kappa shape index (κ1) is 20.1. The molecule has 0 bridgehead atoms. The maximum atomic E-state index is 14.1. The van der Waals surface area contributed by atoms with Crippen LogP contribution in [0.2, 0.25) is 0 Å². The molecule has 1 atom stereocenters. The highest BCUT2D eigenvalue weighted by atomic mass is 19.4. The molecule has 0 fully saturated rings. The maximum Gasteiger partial charge on any atom is 0.429 e. The smallest absolute Gasteiger partial charge is 0.429 e. The van der Waals surface area contributed by atoms with Crippen LogP contribution in [0.15, 0.2) is 42.4 Å². The molecule has 0 amide bonds. The molecule has 0 N–H and O–H groups in total. The second-order valence-electron chi connectivity index (χ2n) is 6.38. The fourth-order valence-electron chi connectivity index (χ4n) is 2.74. The number of hydrogen-bond acceptors (Lipinski definition) is 6. The van der Waals surface area contributed by atoms with Crippen LogP contribution in [-0.2, 0) is 10.8 Å². The molecule has 0 radical (unpaired) electrons. The molecule has 3 heterocycles. The second-order valence-corrected chi connectivity index (χ2v) is 6.38. The van der Waals surface area contributed by atoms with Gasteiger partial charge in [0, 0.05) is 24.0 Å². The highest BCUT2D eigenvalue weighted by Crippen LogP contribution is 2.36. The monoisotopic (exact) mass is 427 g/mol. The van der Waals surface area contributed by atoms with Crippen molar-refractivity contribution in [1.82, 2.24) is 24.6 Å². The Balaban J connectivity index is 1.60. The normalized spacial score (nSPS) is 15.2. The summed E-state index contributed by atoms with van der Waals surface area (Å²) in [6.07, 6.45) is -4.83. The van der Waals surface area contributed by atoms with Crippen molar-refractivity contribution in [3.8, 4) is 17.1 Å². The second kappa shape index (κ2) is 7.27. The van der Waals surface area contributed by atoms with Gasteiger partial charge in [-0.25, -0.2) is 4.98 Å². The quantitative estimate of drug-likeness (QED) is 0.421. The van der Waals surface area contributed by atoms with Crippen LogP contribution in [0.4, 0.5) is 22.0 Å². The van der Waals surface area contributed by atoms with E-state index >= 15 is 0 Å². The Bertz CT molecular complexity index is 1090. The molecule has 30 heavy (non-hydrogen) atoms. The lowest BCUT2D eigenvalue weighted by Crippen LogP contribution is -2.34. The van der Waals surface area contributed by atoms with Gasteiger partial charge >= 0.3 is 12.3 Å². The van der Waals surface area contributed by atoms with Crippen LogP contribution in [0, 0.1) is 0 Å². The van der Waals surface area contributed by atoms with E-state index in [-0.39, 0.29) is 35.8 Å². The van der Waals surface area contributed by atoms with Gasteiger partial charge in [-0.15, -0.1) is 10.2 Å². The number of fused-ring (bicyclic) bond motifs is 1. The first-order valence-electron chi connectivity index (χ1n) is 8.81. The number of halogens is 5. The summed E-state index contributed by atoms with van der Waals surface area (Å²) in [4.78, 5) is 7.99. The van der Waals surface area contributed by atoms with Gasteiger partial charge in [0.15, 0.2) is 5.65 Å². The number of pyridine rings is 1. The van der Waals surface area contributed by atoms with Crippen LogP contribution in [0.5, 0.6) is 5.88 Å². The van der Waals surface area contributed by atoms with Crippen molar-refractivity contribution in [3.05, 3.63) is 48.2 Å². The van der Waals surface area contributed by atoms with E-state index in [1.807, 2.05) is 0 Å². The van der Waals surface area contributed by atoms with Gasteiger partial charge in [0.25, 0.3) is 0 Å². The van der Waals surface area contributed by atoms with Gasteiger partial charge in [-0.2, -0.15) is 22.0 Å². The molecule has 1 aliphatic carbocycles. The van der Waals surface area contributed by atoms with Crippen molar-refractivity contribution < 1.29 is 31.4 Å². The van der Waals surface area contributed by atoms with Gasteiger partial charge in [0.05, 0.1) is 18.5 Å². The summed E-state index contributed by atoms with van der Waals surface area (Å²) in [5, 5.41) is 7.10. The molecule has 0 aromatic carbocycles. The Morgan fingerprint density at radius 2 is 1.87 bits per heavy atom. The minimum Gasteiger partial charge on any atom is -0.460 e. The Labute approximate surface area is 166 Å². The highest BCUT2D eigenvalue weighted by molar-refractivity contribution is 5.59. The molecule has 7 nitrogen and oxygen atoms in total. The summed E-state index contributed by atoms with van der Waals surface area (Å²) in [6.45, 7) is 1.18. The van der Waals surface area contributed by atoms with E-state index in [0.29, 0.717) is 5.56 Å². The van der Waals surface area contributed by atoms with E-state index in [0.717, 1.165) is 4.40 Å². The topological polar surface area (TPSA) is 74.4 Å². The lowest BCUT2D eigenvalue weighted by molar-refractivity contribution is -0.251. The van der Waals surface area contributed by atoms with Crippen LogP contribution in [0.25, 0.3) is 16.9 Å². The number of nitrogens with zero attached hydrogens (tertiary/aromatic N) is 5. The zero-order valence-electron chi connectivity index (χ0n) is 15.4. The summed E-state index contributed by atoms with van der Waals surface area (Å²) in [5.41, 5.74) is 0.826. The molecule has 12 heteroatoms. The van der Waals surface area contributed by atoms with E-state index in [2.05, 4.69) is 24.9 Å². The molecule has 0 spiro atoms. The molecule has 0 aliphatic heterocycles. The Kier molecular flexibility index (Phi) is 4.88. The zero-order chi connectivity index (χ0) is 21.5. The summed E-state index contributed by atoms with van der Waals surface area (Å²) in [5.74, 6) is -0.940. The molecular weight excluding hydrogens is 413 g/mol. The van der Waals surface area contributed by atoms with Gasteiger partial charge in [-0.3, -0.25) is 9.38 Å². The van der Waals surface area contributed by atoms with Gasteiger partial charge in [0.1, 0.15) is 0 Å². The predicted molar refractivity (Wildman–Crippen MR) is 92.7 cm³/mol. The minimum atomic E-state index is -4.55. The number of alkyl halides is 5. The third kappa shape index (κ3) is 3.95. The van der Waals surface area contributed by atoms with Crippen molar-refractivity contribution in [3.63, 3.8) is 0 Å². The van der Waals surface area contributed by atoms with Gasteiger partial charge in [-0.05, 0) is 25.0 Å². The molecular formula is C18H14F5N5O2. The van der Waals surface area contributed by atoms with Crippen LogP contribution in [0.3, 0.4) is 0 Å². The summed E-state index contributed by atoms with van der Waals surface area (Å²) >= 11 is 0. The number of hydrogen-bond donors (Lipinski definition) is 0. The minimum absolute atomic E-state index is 0.0757. The Morgan fingerprint density at radius 3 is 2.47 bits per heavy atom. The fourth-order valence-corrected chi connectivity index (χ4v) is 2.74. The first-order valence-corrected chi connectivity index (χ1v) is 8.81. The average Bonchev–Trinajstić information content (AvgIpc) is 3.42. The maximum absolute atomic E-state index is 14.1. The van der Waals surface area contributed by atoms with E-state index in [1.165, 1.54) is 43.7 Å². The Morgan fingerprint density at radius 1 is 1.10 bits per heavy atom. The van der Waals surface area contributed by atoms with Crippen molar-refractivity contribution >= 4 is 5.65 Å². The molecule has 3 aromatic heterocycles. The lowest BCUT2D eigenvalue weighted by atomic mass is 10.2. The summed E-state index contributed by atoms with van der Waals surface area (Å²) in [7, 11) is 0. The molecule has 1 aliphatic rings. The number of aromatic nitrogens is 5. The van der Waals surface area contributed by atoms with Gasteiger partial charge in [0.2, 0.25) is 17.8 Å². The number of rotatable bonds is 7. The fraction of sp³-hybridized carbons (Fsp3) is 0.333. The summed E-state index contributed by atoms with van der Waals surface area (Å²) in [6, 6.07) is 2.68. The van der Waals surface area contributed by atoms with Crippen LogP contribution < -0.4 is 4.74 Å². The lowest BCUT2D eigenvalue weighted by Gasteiger charge is -2.19. The largest absolute Gasteiger partial charge is 0.460 e. The van der Waals surface area contributed by atoms with Crippen LogP contribution in [-0.4, -0.2) is 43.5 Å². The third-order valence-corrected chi connectivity index (χ3v) is 4.22. The van der Waals surface area contributed by atoms with E-state index in [9.17, 15) is 22.0 Å². The number of ether oxygens (including phenoxy) is 2. The third-order valence-electron chi connectivity index (χ3n) is 4.22. The van der Waals surface area contributed by atoms with Crippen LogP contribution in [0.1, 0.15) is 19.2 Å². The average molecular weight is 427 g/mol. The van der Waals surface area contributed by atoms with Crippen molar-refractivity contribution in [1.29, 1.82) is 0 Å². The molecule has 3 aromatic rings. The van der Waals surface area contributed by atoms with E-state index < -0.39 is 24.2 Å². The molecule has 158 valence electrons. The number of allylic oxidation sites excluding steroid dienone is 1. The Hall–Kier alpha value is -3.15. The van der Waals surface area contributed by atoms with Crippen molar-refractivity contribution in [2.75, 3.05) is 6.61 Å². The molecule has 0 saturated carbocycles. The van der Waals surface area contributed by atoms with Crippen molar-refractivity contribution in [2.24, 2.45) is 0 Å². The van der Waals surface area contributed by atoms with E-state index in [4.69, 9.17) is 4.74 Å².